The van der Waals surface area contributed by atoms with Gasteiger partial charge in [0, 0.05) is 23.7 Å². The summed E-state index contributed by atoms with van der Waals surface area (Å²) in [5, 5.41) is 0. The second kappa shape index (κ2) is 3.58. The van der Waals surface area contributed by atoms with Crippen LogP contribution in [0.3, 0.4) is 0 Å². The number of Topliss-reactive ketones (excluding diaryl/α,β-unsaturated/α-hetero) is 1. The van der Waals surface area contributed by atoms with E-state index in [0.717, 1.165) is 18.3 Å². The maximum Gasteiger partial charge on any atom is 0.141 e. The minimum Gasteiger partial charge on any atom is -0.299 e. The van der Waals surface area contributed by atoms with Crippen LogP contribution < -0.4 is 0 Å². The van der Waals surface area contributed by atoms with E-state index in [1.165, 1.54) is 42.4 Å². The van der Waals surface area contributed by atoms with Crippen molar-refractivity contribution in [2.24, 2.45) is 23.2 Å². The minimum absolute atomic E-state index is 0.268. The molecule has 1 saturated carbocycles. The molecule has 1 heteroatoms. The monoisotopic (exact) mass is 290 g/mol. The lowest BCUT2D eigenvalue weighted by Gasteiger charge is -2.41. The van der Waals surface area contributed by atoms with Crippen LogP contribution in [0.1, 0.15) is 55.2 Å². The summed E-state index contributed by atoms with van der Waals surface area (Å²) in [7, 11) is 0. The highest BCUT2D eigenvalue weighted by Crippen LogP contribution is 2.70. The number of rotatable bonds is 0. The maximum atomic E-state index is 13.0. The molecule has 7 rings (SSSR count). The Morgan fingerprint density at radius 3 is 3.05 bits per heavy atom. The molecular formula is C21H22O. The Kier molecular flexibility index (Phi) is 1.97. The molecule has 0 aliphatic heterocycles. The van der Waals surface area contributed by atoms with Gasteiger partial charge >= 0.3 is 0 Å². The van der Waals surface area contributed by atoms with Gasteiger partial charge in [-0.1, -0.05) is 36.3 Å². The Morgan fingerprint density at radius 1 is 1.23 bits per heavy atom. The molecule has 22 heavy (non-hydrogen) atoms. The Morgan fingerprint density at radius 2 is 2.14 bits per heavy atom. The molecule has 1 fully saturated rings. The summed E-state index contributed by atoms with van der Waals surface area (Å²) in [4.78, 5) is 13.0. The van der Waals surface area contributed by atoms with E-state index >= 15 is 0 Å². The molecule has 1 aromatic rings. The summed E-state index contributed by atoms with van der Waals surface area (Å²) >= 11 is 0. The van der Waals surface area contributed by atoms with Gasteiger partial charge in [0.25, 0.3) is 0 Å². The minimum atomic E-state index is 0.268. The Hall–Kier alpha value is -1.37. The predicted octanol–water partition coefficient (Wildman–Crippen LogP) is 4.20. The first kappa shape index (κ1) is 12.1. The molecule has 5 unspecified atom stereocenters. The largest absolute Gasteiger partial charge is 0.299 e. The van der Waals surface area contributed by atoms with Gasteiger partial charge in [0.15, 0.2) is 0 Å². The average Bonchev–Trinajstić information content (AvgIpc) is 3.15. The second-order valence-corrected chi connectivity index (χ2v) is 8.57. The van der Waals surface area contributed by atoms with Crippen LogP contribution in [-0.2, 0) is 17.6 Å². The van der Waals surface area contributed by atoms with E-state index in [-0.39, 0.29) is 11.3 Å². The summed E-state index contributed by atoms with van der Waals surface area (Å²) in [6, 6.07) is 6.90. The molecular weight excluding hydrogens is 268 g/mol. The van der Waals surface area contributed by atoms with Gasteiger partial charge in [0.1, 0.15) is 5.78 Å². The van der Waals surface area contributed by atoms with E-state index in [2.05, 4.69) is 25.1 Å². The first-order chi connectivity index (χ1) is 10.7. The van der Waals surface area contributed by atoms with Gasteiger partial charge in [0.2, 0.25) is 0 Å². The van der Waals surface area contributed by atoms with E-state index in [0.29, 0.717) is 18.1 Å². The molecule has 1 aromatic carbocycles. The Balaban J connectivity index is 1.74. The third-order valence-corrected chi connectivity index (χ3v) is 7.84. The van der Waals surface area contributed by atoms with Crippen LogP contribution in [0.5, 0.6) is 0 Å². The van der Waals surface area contributed by atoms with Crippen molar-refractivity contribution < 1.29 is 4.79 Å². The van der Waals surface area contributed by atoms with Crippen molar-refractivity contribution in [3.05, 3.63) is 46.0 Å². The van der Waals surface area contributed by atoms with Gasteiger partial charge in [-0.3, -0.25) is 4.79 Å². The summed E-state index contributed by atoms with van der Waals surface area (Å²) in [5.74, 6) is 3.01. The number of ketones is 1. The van der Waals surface area contributed by atoms with Crippen LogP contribution >= 0.6 is 0 Å². The molecule has 1 nitrogen and oxygen atoms in total. The van der Waals surface area contributed by atoms with E-state index in [4.69, 9.17) is 0 Å². The summed E-state index contributed by atoms with van der Waals surface area (Å²) < 4.78 is 0. The second-order valence-electron chi connectivity index (χ2n) is 8.57. The lowest BCUT2D eigenvalue weighted by Crippen LogP contribution is -2.40. The van der Waals surface area contributed by atoms with E-state index in [9.17, 15) is 4.79 Å². The lowest BCUT2D eigenvalue weighted by atomic mass is 9.62. The van der Waals surface area contributed by atoms with Crippen molar-refractivity contribution in [1.82, 2.24) is 0 Å². The van der Waals surface area contributed by atoms with Crippen molar-refractivity contribution in [2.45, 2.75) is 51.4 Å². The number of benzene rings is 1. The number of allylic oxidation sites excluding steroid dienone is 2. The fraction of sp³-hybridized carbons (Fsp3) is 0.571. The normalized spacial score (nSPS) is 43.6. The number of carbonyl (C=O) groups excluding carboxylic acids is 1. The van der Waals surface area contributed by atoms with Crippen molar-refractivity contribution in [3.63, 3.8) is 0 Å². The average molecular weight is 290 g/mol. The van der Waals surface area contributed by atoms with Gasteiger partial charge in [-0.25, -0.2) is 0 Å². The predicted molar refractivity (Wildman–Crippen MR) is 85.7 cm³/mol. The summed E-state index contributed by atoms with van der Waals surface area (Å²) in [5.41, 5.74) is 8.26. The van der Waals surface area contributed by atoms with Gasteiger partial charge in [-0.15, -0.1) is 0 Å². The van der Waals surface area contributed by atoms with Gasteiger partial charge in [-0.05, 0) is 60.6 Å². The van der Waals surface area contributed by atoms with Crippen LogP contribution in [0.15, 0.2) is 29.3 Å². The number of hydrogen-bond acceptors (Lipinski definition) is 1. The van der Waals surface area contributed by atoms with E-state index in [1.807, 2.05) is 0 Å². The first-order valence-corrected chi connectivity index (χ1v) is 9.06. The maximum absolute atomic E-state index is 13.0. The topological polar surface area (TPSA) is 17.1 Å². The molecule has 112 valence electrons. The fourth-order valence-electron chi connectivity index (χ4n) is 7.15. The SMILES string of the molecule is CC1CC2=C3C4CCC2(C4)C2Cc4cccc(c4CC2=O)C31. The zero-order chi connectivity index (χ0) is 14.6. The molecule has 0 amide bonds. The fourth-order valence-corrected chi connectivity index (χ4v) is 7.15. The molecule has 6 aliphatic rings. The molecule has 0 saturated heterocycles. The molecule has 1 spiro atoms. The van der Waals surface area contributed by atoms with Crippen molar-refractivity contribution in [3.8, 4) is 0 Å². The van der Waals surface area contributed by atoms with Crippen LogP contribution in [-0.4, -0.2) is 5.78 Å². The van der Waals surface area contributed by atoms with Crippen molar-refractivity contribution in [2.75, 3.05) is 0 Å². The third kappa shape index (κ3) is 1.13. The molecule has 0 aromatic heterocycles. The summed E-state index contributed by atoms with van der Waals surface area (Å²) in [6.45, 7) is 2.45. The van der Waals surface area contributed by atoms with Gasteiger partial charge in [0.05, 0.1) is 0 Å². The molecule has 6 aliphatic carbocycles. The lowest BCUT2D eigenvalue weighted by molar-refractivity contribution is -0.126. The number of carbonyl (C=O) groups is 1. The zero-order valence-corrected chi connectivity index (χ0v) is 13.2. The summed E-state index contributed by atoms with van der Waals surface area (Å²) in [6.07, 6.45) is 6.94. The van der Waals surface area contributed by atoms with Crippen LogP contribution in [0.2, 0.25) is 0 Å². The van der Waals surface area contributed by atoms with Crippen LogP contribution in [0, 0.1) is 23.2 Å². The Bertz CT molecular complexity index is 770. The van der Waals surface area contributed by atoms with Gasteiger partial charge < -0.3 is 0 Å². The van der Waals surface area contributed by atoms with E-state index in [1.54, 1.807) is 11.1 Å². The third-order valence-electron chi connectivity index (χ3n) is 7.84. The van der Waals surface area contributed by atoms with Crippen molar-refractivity contribution in [1.29, 1.82) is 0 Å². The highest BCUT2D eigenvalue weighted by molar-refractivity contribution is 5.88. The van der Waals surface area contributed by atoms with Gasteiger partial charge in [-0.2, -0.15) is 0 Å². The highest BCUT2D eigenvalue weighted by Gasteiger charge is 2.61. The molecule has 9 bridgehead atoms. The first-order valence-electron chi connectivity index (χ1n) is 9.06. The number of fused-ring (bicyclic) bond motifs is 2. The van der Waals surface area contributed by atoms with Crippen LogP contribution in [0.25, 0.3) is 0 Å². The molecule has 0 N–H and O–H groups in total. The molecule has 0 radical (unpaired) electrons. The Labute approximate surface area is 131 Å². The standard InChI is InChI=1S/C21H22O/c1-11-7-17-20-13-5-6-21(17,10-13)16-8-12-3-2-4-14(19(11)20)15(12)9-18(16)22/h2-4,11,13,16,19H,5-10H2,1H3. The molecule has 0 heterocycles. The smallest absolute Gasteiger partial charge is 0.141 e. The zero-order valence-electron chi connectivity index (χ0n) is 13.2. The van der Waals surface area contributed by atoms with Crippen LogP contribution in [0.4, 0.5) is 0 Å². The van der Waals surface area contributed by atoms with E-state index < -0.39 is 0 Å². The van der Waals surface area contributed by atoms with Crippen molar-refractivity contribution >= 4 is 5.78 Å². The highest BCUT2D eigenvalue weighted by atomic mass is 16.1. The quantitative estimate of drug-likeness (QED) is 0.654. The number of hydrogen-bond donors (Lipinski definition) is 0. The molecule has 5 atom stereocenters.